The van der Waals surface area contributed by atoms with Gasteiger partial charge in [0, 0.05) is 17.7 Å². The van der Waals surface area contributed by atoms with E-state index in [1.165, 1.54) is 32.4 Å². The topological polar surface area (TPSA) is 103 Å². The summed E-state index contributed by atoms with van der Waals surface area (Å²) in [6.07, 6.45) is -3.72. The molecule has 0 unspecified atom stereocenters. The monoisotopic (exact) mass is 411 g/mol. The minimum absolute atomic E-state index is 0.0161. The van der Waals surface area contributed by atoms with Crippen molar-refractivity contribution in [2.45, 2.75) is 12.6 Å². The van der Waals surface area contributed by atoms with Gasteiger partial charge in [-0.1, -0.05) is 18.2 Å². The van der Waals surface area contributed by atoms with Crippen LogP contribution in [0.25, 0.3) is 0 Å². The van der Waals surface area contributed by atoms with Gasteiger partial charge < -0.3 is 9.47 Å². The van der Waals surface area contributed by atoms with Gasteiger partial charge in [-0.25, -0.2) is 5.43 Å². The van der Waals surface area contributed by atoms with E-state index in [1.807, 2.05) is 0 Å². The molecule has 0 aliphatic rings. The molecule has 0 radical (unpaired) electrons. The molecule has 2 aromatic rings. The lowest BCUT2D eigenvalue weighted by Gasteiger charge is -2.09. The van der Waals surface area contributed by atoms with Crippen LogP contribution in [0.1, 0.15) is 16.7 Å². The summed E-state index contributed by atoms with van der Waals surface area (Å²) in [5.74, 6) is -0.469. The molecule has 0 heterocycles. The maximum atomic E-state index is 12.7. The van der Waals surface area contributed by atoms with Gasteiger partial charge >= 0.3 is 11.9 Å². The third-order valence-corrected chi connectivity index (χ3v) is 3.74. The predicted molar refractivity (Wildman–Crippen MR) is 97.1 cm³/mol. The van der Waals surface area contributed by atoms with Gasteiger partial charge in [0.2, 0.25) is 11.7 Å². The highest BCUT2D eigenvalue weighted by Crippen LogP contribution is 2.33. The Labute approximate surface area is 163 Å². The van der Waals surface area contributed by atoms with E-state index < -0.39 is 22.6 Å². The number of amides is 1. The Bertz CT molecular complexity index is 945. The zero-order valence-electron chi connectivity index (χ0n) is 15.3. The van der Waals surface area contributed by atoms with Gasteiger partial charge in [-0.15, -0.1) is 0 Å². The standard InChI is InChI=1S/C18H16F3N3O5/c1-28-15-9-16(29-2)14(24(26)27)8-12(15)10-22-23-17(25)7-11-4-3-5-13(6-11)18(19,20)21/h3-6,8-10H,7H2,1-2H3,(H,23,25). The van der Waals surface area contributed by atoms with Crippen LogP contribution >= 0.6 is 0 Å². The van der Waals surface area contributed by atoms with E-state index in [0.29, 0.717) is 0 Å². The van der Waals surface area contributed by atoms with Gasteiger partial charge in [-0.3, -0.25) is 14.9 Å². The minimum Gasteiger partial charge on any atom is -0.496 e. The van der Waals surface area contributed by atoms with Crippen LogP contribution in [-0.2, 0) is 17.4 Å². The molecule has 2 rings (SSSR count). The number of nitro benzene ring substituents is 1. The number of hydrazone groups is 1. The number of ether oxygens (including phenoxy) is 2. The number of hydrogen-bond donors (Lipinski definition) is 1. The molecular formula is C18H16F3N3O5. The maximum Gasteiger partial charge on any atom is 0.416 e. The zero-order valence-corrected chi connectivity index (χ0v) is 15.3. The molecule has 154 valence electrons. The van der Waals surface area contributed by atoms with E-state index in [2.05, 4.69) is 10.5 Å². The highest BCUT2D eigenvalue weighted by atomic mass is 19.4. The van der Waals surface area contributed by atoms with Crippen LogP contribution in [0.5, 0.6) is 11.5 Å². The molecule has 11 heteroatoms. The minimum atomic E-state index is -4.51. The van der Waals surface area contributed by atoms with E-state index in [9.17, 15) is 28.1 Å². The van der Waals surface area contributed by atoms with Crippen molar-refractivity contribution in [3.63, 3.8) is 0 Å². The number of nitrogens with zero attached hydrogens (tertiary/aromatic N) is 2. The van der Waals surface area contributed by atoms with E-state index in [1.54, 1.807) is 0 Å². The van der Waals surface area contributed by atoms with Gasteiger partial charge in [0.1, 0.15) is 5.75 Å². The van der Waals surface area contributed by atoms with Crippen molar-refractivity contribution >= 4 is 17.8 Å². The predicted octanol–water partition coefficient (Wildman–Crippen LogP) is 3.32. The lowest BCUT2D eigenvalue weighted by molar-refractivity contribution is -0.385. The molecule has 8 nitrogen and oxygen atoms in total. The van der Waals surface area contributed by atoms with Crippen molar-refractivity contribution in [2.24, 2.45) is 5.10 Å². The summed E-state index contributed by atoms with van der Waals surface area (Å²) in [6, 6.07) is 6.82. The molecule has 0 spiro atoms. The van der Waals surface area contributed by atoms with Gasteiger partial charge in [0.25, 0.3) is 0 Å². The van der Waals surface area contributed by atoms with Crippen LogP contribution in [0.15, 0.2) is 41.5 Å². The number of halogens is 3. The first-order chi connectivity index (χ1) is 13.7. The molecule has 0 aliphatic carbocycles. The largest absolute Gasteiger partial charge is 0.496 e. The summed E-state index contributed by atoms with van der Waals surface area (Å²) in [4.78, 5) is 22.4. The SMILES string of the molecule is COc1cc(OC)c([N+](=O)[O-])cc1C=NNC(=O)Cc1cccc(C(F)(F)F)c1. The number of benzene rings is 2. The summed E-state index contributed by atoms with van der Waals surface area (Å²) in [6.45, 7) is 0. The molecule has 1 amide bonds. The smallest absolute Gasteiger partial charge is 0.416 e. The van der Waals surface area contributed by atoms with Gasteiger partial charge in [0.15, 0.2) is 0 Å². The number of carbonyl (C=O) groups excluding carboxylic acids is 1. The van der Waals surface area contributed by atoms with Crippen LogP contribution in [-0.4, -0.2) is 31.3 Å². The average Bonchev–Trinajstić information content (AvgIpc) is 2.67. The number of hydrogen-bond acceptors (Lipinski definition) is 6. The molecule has 0 fully saturated rings. The molecule has 1 N–H and O–H groups in total. The number of rotatable bonds is 7. The second-order valence-electron chi connectivity index (χ2n) is 5.69. The van der Waals surface area contributed by atoms with E-state index in [4.69, 9.17) is 9.47 Å². The van der Waals surface area contributed by atoms with Crippen molar-refractivity contribution < 1.29 is 32.4 Å². The first kappa shape index (κ1) is 21.7. The van der Waals surface area contributed by atoms with Crippen molar-refractivity contribution in [2.75, 3.05) is 14.2 Å². The molecule has 2 aromatic carbocycles. The number of nitrogens with one attached hydrogen (secondary N) is 1. The Morgan fingerprint density at radius 3 is 2.48 bits per heavy atom. The highest BCUT2D eigenvalue weighted by Gasteiger charge is 2.30. The van der Waals surface area contributed by atoms with Crippen LogP contribution in [0, 0.1) is 10.1 Å². The lowest BCUT2D eigenvalue weighted by atomic mass is 10.1. The van der Waals surface area contributed by atoms with Gasteiger partial charge in [-0.05, 0) is 11.6 Å². The van der Waals surface area contributed by atoms with E-state index in [0.717, 1.165) is 24.4 Å². The molecule has 0 aliphatic heterocycles. The van der Waals surface area contributed by atoms with Crippen molar-refractivity contribution in [1.82, 2.24) is 5.43 Å². The quantitative estimate of drug-likeness (QED) is 0.428. The summed E-state index contributed by atoms with van der Waals surface area (Å²) in [7, 11) is 2.60. The third kappa shape index (κ3) is 5.67. The Balaban J connectivity index is 2.12. The van der Waals surface area contributed by atoms with Gasteiger partial charge in [0.05, 0.1) is 37.3 Å². The Morgan fingerprint density at radius 2 is 1.90 bits per heavy atom. The zero-order chi connectivity index (χ0) is 21.6. The van der Waals surface area contributed by atoms with Crippen LogP contribution < -0.4 is 14.9 Å². The number of carbonyl (C=O) groups is 1. The van der Waals surface area contributed by atoms with E-state index in [-0.39, 0.29) is 34.7 Å². The van der Waals surface area contributed by atoms with Crippen LogP contribution in [0.2, 0.25) is 0 Å². The first-order valence-corrected chi connectivity index (χ1v) is 8.04. The average molecular weight is 411 g/mol. The second-order valence-corrected chi connectivity index (χ2v) is 5.69. The highest BCUT2D eigenvalue weighted by molar-refractivity contribution is 5.87. The summed E-state index contributed by atoms with van der Waals surface area (Å²) in [5.41, 5.74) is 1.32. The van der Waals surface area contributed by atoms with E-state index >= 15 is 0 Å². The Hall–Kier alpha value is -3.63. The molecule has 0 bridgehead atoms. The fourth-order valence-electron chi connectivity index (χ4n) is 2.41. The fraction of sp³-hybridized carbons (Fsp3) is 0.222. The summed E-state index contributed by atoms with van der Waals surface area (Å²) >= 11 is 0. The third-order valence-electron chi connectivity index (χ3n) is 3.74. The second kappa shape index (κ2) is 9.04. The number of nitro groups is 1. The number of methoxy groups -OCH3 is 2. The molecule has 29 heavy (non-hydrogen) atoms. The van der Waals surface area contributed by atoms with Crippen molar-refractivity contribution in [3.05, 3.63) is 63.2 Å². The molecule has 0 saturated heterocycles. The lowest BCUT2D eigenvalue weighted by Crippen LogP contribution is -2.20. The van der Waals surface area contributed by atoms with Crippen molar-refractivity contribution in [1.29, 1.82) is 0 Å². The molecule has 0 atom stereocenters. The summed E-state index contributed by atoms with van der Waals surface area (Å²) < 4.78 is 48.2. The molecule has 0 aromatic heterocycles. The Kier molecular flexibility index (Phi) is 6.75. The first-order valence-electron chi connectivity index (χ1n) is 8.04. The van der Waals surface area contributed by atoms with Crippen LogP contribution in [0.4, 0.5) is 18.9 Å². The number of alkyl halides is 3. The maximum absolute atomic E-state index is 12.7. The van der Waals surface area contributed by atoms with Gasteiger partial charge in [-0.2, -0.15) is 18.3 Å². The normalized spacial score (nSPS) is 11.3. The fourth-order valence-corrected chi connectivity index (χ4v) is 2.41. The Morgan fingerprint density at radius 1 is 1.21 bits per heavy atom. The summed E-state index contributed by atoms with van der Waals surface area (Å²) in [5, 5.41) is 14.8. The molecule has 0 saturated carbocycles. The molecular weight excluding hydrogens is 395 g/mol. The van der Waals surface area contributed by atoms with Crippen molar-refractivity contribution in [3.8, 4) is 11.5 Å². The van der Waals surface area contributed by atoms with Crippen LogP contribution in [0.3, 0.4) is 0 Å².